The highest BCUT2D eigenvalue weighted by molar-refractivity contribution is 7.07. The summed E-state index contributed by atoms with van der Waals surface area (Å²) in [4.78, 5) is 0. The van der Waals surface area contributed by atoms with E-state index >= 15 is 0 Å². The molecular weight excluding hydrogens is 180 g/mol. The smallest absolute Gasteiger partial charge is 0.0468 e. The molecule has 1 heterocycles. The van der Waals surface area contributed by atoms with E-state index < -0.39 is 0 Å². The van der Waals surface area contributed by atoms with Gasteiger partial charge in [-0.25, -0.2) is 0 Å². The molecule has 3 heteroatoms. The molecule has 1 atom stereocenters. The van der Waals surface area contributed by atoms with Crippen molar-refractivity contribution >= 4 is 11.3 Å². The lowest BCUT2D eigenvalue weighted by atomic mass is 10.0. The Morgan fingerprint density at radius 2 is 2.38 bits per heavy atom. The molecule has 3 N–H and O–H groups in total. The van der Waals surface area contributed by atoms with Gasteiger partial charge in [-0.2, -0.15) is 11.3 Å². The fraction of sp³-hybridized carbons (Fsp3) is 0.600. The number of unbranched alkanes of at least 4 members (excludes halogenated alkanes) is 2. The van der Waals surface area contributed by atoms with Crippen LogP contribution < -0.4 is 11.3 Å². The second-order valence-corrected chi connectivity index (χ2v) is 4.05. The SMILES string of the molecule is CCCCCC(NN)c1ccsc1. The first-order valence-corrected chi connectivity index (χ1v) is 5.81. The number of nitrogens with one attached hydrogen (secondary N) is 1. The first-order valence-electron chi connectivity index (χ1n) is 4.86. The van der Waals surface area contributed by atoms with Crippen molar-refractivity contribution in [3.8, 4) is 0 Å². The van der Waals surface area contributed by atoms with Crippen molar-refractivity contribution in [3.63, 3.8) is 0 Å². The quantitative estimate of drug-likeness (QED) is 0.419. The number of rotatable bonds is 6. The summed E-state index contributed by atoms with van der Waals surface area (Å²) < 4.78 is 0. The molecule has 1 aromatic heterocycles. The molecule has 1 aromatic rings. The van der Waals surface area contributed by atoms with E-state index in [0.717, 1.165) is 6.42 Å². The van der Waals surface area contributed by atoms with Gasteiger partial charge in [0, 0.05) is 6.04 Å². The number of hydrazine groups is 1. The second kappa shape index (κ2) is 6.13. The maximum Gasteiger partial charge on any atom is 0.0468 e. The third kappa shape index (κ3) is 3.46. The molecule has 74 valence electrons. The first-order chi connectivity index (χ1) is 6.38. The molecule has 0 radical (unpaired) electrons. The van der Waals surface area contributed by atoms with Gasteiger partial charge >= 0.3 is 0 Å². The summed E-state index contributed by atoms with van der Waals surface area (Å²) in [5, 5.41) is 4.26. The minimum absolute atomic E-state index is 0.345. The van der Waals surface area contributed by atoms with Crippen LogP contribution in [0.25, 0.3) is 0 Å². The Labute approximate surface area is 84.1 Å². The van der Waals surface area contributed by atoms with Gasteiger partial charge in [-0.3, -0.25) is 11.3 Å². The lowest BCUT2D eigenvalue weighted by molar-refractivity contribution is 0.488. The van der Waals surface area contributed by atoms with Crippen molar-refractivity contribution in [3.05, 3.63) is 22.4 Å². The van der Waals surface area contributed by atoms with E-state index in [1.807, 2.05) is 0 Å². The Morgan fingerprint density at radius 3 is 2.92 bits per heavy atom. The van der Waals surface area contributed by atoms with Crippen LogP contribution in [0.15, 0.2) is 16.8 Å². The van der Waals surface area contributed by atoms with Gasteiger partial charge in [0.05, 0.1) is 0 Å². The minimum atomic E-state index is 0.345. The van der Waals surface area contributed by atoms with Crippen molar-refractivity contribution in [1.82, 2.24) is 5.43 Å². The molecule has 2 nitrogen and oxygen atoms in total. The number of hydrogen-bond donors (Lipinski definition) is 2. The molecule has 1 unspecified atom stereocenters. The van der Waals surface area contributed by atoms with E-state index in [1.54, 1.807) is 11.3 Å². The molecule has 0 aromatic carbocycles. The third-order valence-electron chi connectivity index (χ3n) is 2.24. The highest BCUT2D eigenvalue weighted by Crippen LogP contribution is 2.20. The maximum absolute atomic E-state index is 5.50. The van der Waals surface area contributed by atoms with Crippen molar-refractivity contribution in [1.29, 1.82) is 0 Å². The molecule has 0 amide bonds. The third-order valence-corrected chi connectivity index (χ3v) is 2.94. The molecule has 0 aliphatic rings. The van der Waals surface area contributed by atoms with Gasteiger partial charge in [0.15, 0.2) is 0 Å². The van der Waals surface area contributed by atoms with Crippen LogP contribution in [0.1, 0.15) is 44.2 Å². The molecule has 0 saturated heterocycles. The van der Waals surface area contributed by atoms with Crippen LogP contribution >= 0.6 is 11.3 Å². The standard InChI is InChI=1S/C10H18N2S/c1-2-3-4-5-10(12-11)9-6-7-13-8-9/h6-8,10,12H,2-5,11H2,1H3. The van der Waals surface area contributed by atoms with Crippen molar-refractivity contribution in [2.45, 2.75) is 38.6 Å². The Bertz CT molecular complexity index is 209. The van der Waals surface area contributed by atoms with E-state index in [-0.39, 0.29) is 0 Å². The van der Waals surface area contributed by atoms with Gasteiger partial charge in [-0.05, 0) is 28.8 Å². The molecule has 0 saturated carbocycles. The predicted octanol–water partition coefficient (Wildman–Crippen LogP) is 2.83. The Morgan fingerprint density at radius 1 is 1.54 bits per heavy atom. The fourth-order valence-corrected chi connectivity index (χ4v) is 2.13. The van der Waals surface area contributed by atoms with E-state index in [9.17, 15) is 0 Å². The van der Waals surface area contributed by atoms with Gasteiger partial charge in [0.25, 0.3) is 0 Å². The summed E-state index contributed by atoms with van der Waals surface area (Å²) in [5.41, 5.74) is 4.19. The summed E-state index contributed by atoms with van der Waals surface area (Å²) in [6.45, 7) is 2.22. The summed E-state index contributed by atoms with van der Waals surface area (Å²) >= 11 is 1.73. The molecule has 1 rings (SSSR count). The minimum Gasteiger partial charge on any atom is -0.271 e. The molecule has 0 fully saturated rings. The Kier molecular flexibility index (Phi) is 5.05. The van der Waals surface area contributed by atoms with Crippen LogP contribution in [-0.4, -0.2) is 0 Å². The van der Waals surface area contributed by atoms with Gasteiger partial charge in [-0.15, -0.1) is 0 Å². The maximum atomic E-state index is 5.50. The van der Waals surface area contributed by atoms with Crippen molar-refractivity contribution in [2.75, 3.05) is 0 Å². The average molecular weight is 198 g/mol. The zero-order valence-electron chi connectivity index (χ0n) is 8.12. The van der Waals surface area contributed by atoms with Gasteiger partial charge in [0.1, 0.15) is 0 Å². The zero-order valence-corrected chi connectivity index (χ0v) is 8.94. The Hall–Kier alpha value is -0.380. The highest BCUT2D eigenvalue weighted by Gasteiger charge is 2.08. The summed E-state index contributed by atoms with van der Waals surface area (Å²) in [6, 6.07) is 2.49. The summed E-state index contributed by atoms with van der Waals surface area (Å²) in [6.07, 6.45) is 4.95. The lowest BCUT2D eigenvalue weighted by Gasteiger charge is -2.13. The van der Waals surface area contributed by atoms with Crippen LogP contribution in [0.3, 0.4) is 0 Å². The molecule has 13 heavy (non-hydrogen) atoms. The number of thiophene rings is 1. The van der Waals surface area contributed by atoms with Crippen LogP contribution in [0, 0.1) is 0 Å². The van der Waals surface area contributed by atoms with E-state index in [2.05, 4.69) is 29.2 Å². The van der Waals surface area contributed by atoms with E-state index in [4.69, 9.17) is 5.84 Å². The van der Waals surface area contributed by atoms with Gasteiger partial charge in [-0.1, -0.05) is 26.2 Å². The second-order valence-electron chi connectivity index (χ2n) is 3.27. The molecule has 0 aliphatic carbocycles. The van der Waals surface area contributed by atoms with Crippen LogP contribution in [0.2, 0.25) is 0 Å². The topological polar surface area (TPSA) is 38.0 Å². The zero-order chi connectivity index (χ0) is 9.52. The molecule has 0 spiro atoms. The number of nitrogens with two attached hydrogens (primary N) is 1. The molecule has 0 aliphatic heterocycles. The molecule has 0 bridgehead atoms. The first kappa shape index (κ1) is 10.7. The van der Waals surface area contributed by atoms with Crippen LogP contribution in [0.5, 0.6) is 0 Å². The normalized spacial score (nSPS) is 13.1. The summed E-state index contributed by atoms with van der Waals surface area (Å²) in [5.74, 6) is 5.50. The van der Waals surface area contributed by atoms with Crippen LogP contribution in [-0.2, 0) is 0 Å². The van der Waals surface area contributed by atoms with Crippen molar-refractivity contribution in [2.24, 2.45) is 5.84 Å². The van der Waals surface area contributed by atoms with E-state index in [0.29, 0.717) is 6.04 Å². The van der Waals surface area contributed by atoms with Gasteiger partial charge < -0.3 is 0 Å². The predicted molar refractivity (Wildman–Crippen MR) is 58.5 cm³/mol. The van der Waals surface area contributed by atoms with Gasteiger partial charge in [0.2, 0.25) is 0 Å². The fourth-order valence-electron chi connectivity index (χ4n) is 1.42. The number of hydrogen-bond acceptors (Lipinski definition) is 3. The van der Waals surface area contributed by atoms with E-state index in [1.165, 1.54) is 24.8 Å². The summed E-state index contributed by atoms with van der Waals surface area (Å²) in [7, 11) is 0. The highest BCUT2D eigenvalue weighted by atomic mass is 32.1. The molecular formula is C10H18N2S. The largest absolute Gasteiger partial charge is 0.271 e. The average Bonchev–Trinajstić information content (AvgIpc) is 2.65. The van der Waals surface area contributed by atoms with Crippen LogP contribution in [0.4, 0.5) is 0 Å². The monoisotopic (exact) mass is 198 g/mol. The lowest BCUT2D eigenvalue weighted by Crippen LogP contribution is -2.27. The van der Waals surface area contributed by atoms with Crippen molar-refractivity contribution < 1.29 is 0 Å². The Balaban J connectivity index is 2.35.